The predicted molar refractivity (Wildman–Crippen MR) is 72.0 cm³/mol. The van der Waals surface area contributed by atoms with E-state index in [2.05, 4.69) is 25.5 Å². The molecule has 5 nitrogen and oxygen atoms in total. The maximum atomic E-state index is 4.41. The molecule has 2 heterocycles. The lowest BCUT2D eigenvalue weighted by Crippen LogP contribution is -2.00. The summed E-state index contributed by atoms with van der Waals surface area (Å²) >= 11 is 4.64. The fourth-order valence-electron chi connectivity index (χ4n) is 1.07. The van der Waals surface area contributed by atoms with Gasteiger partial charge >= 0.3 is 0 Å². The first-order valence-electron chi connectivity index (χ1n) is 4.93. The van der Waals surface area contributed by atoms with Gasteiger partial charge in [-0.25, -0.2) is 4.98 Å². The number of hydrogen-bond donors (Lipinski definition) is 1. The minimum atomic E-state index is 0.784. The van der Waals surface area contributed by atoms with Crippen LogP contribution < -0.4 is 5.32 Å². The van der Waals surface area contributed by atoms with E-state index in [0.717, 1.165) is 26.1 Å². The molecule has 0 fully saturated rings. The first kappa shape index (κ1) is 12.6. The lowest BCUT2D eigenvalue weighted by Gasteiger charge is -2.02. The number of nitrogens with zero attached hydrogens (tertiary/aromatic N) is 4. The van der Waals surface area contributed by atoms with E-state index in [1.54, 1.807) is 35.5 Å². The Morgan fingerprint density at radius 3 is 2.82 bits per heavy atom. The Bertz CT molecular complexity index is 487. The van der Waals surface area contributed by atoms with Gasteiger partial charge < -0.3 is 5.32 Å². The lowest BCUT2D eigenvalue weighted by molar-refractivity contribution is 0.951. The Morgan fingerprint density at radius 2 is 2.12 bits per heavy atom. The number of hydrogen-bond acceptors (Lipinski definition) is 8. The fraction of sp³-hybridized carbons (Fsp3) is 0.333. The summed E-state index contributed by atoms with van der Waals surface area (Å²) in [7, 11) is 0. The van der Waals surface area contributed by atoms with Crippen LogP contribution in [0.3, 0.4) is 0 Å². The van der Waals surface area contributed by atoms with Crippen LogP contribution in [-0.4, -0.2) is 33.0 Å². The third-order valence-corrected chi connectivity index (χ3v) is 4.58. The highest BCUT2D eigenvalue weighted by Gasteiger charge is 2.07. The van der Waals surface area contributed by atoms with Gasteiger partial charge in [0.1, 0.15) is 10.8 Å². The van der Waals surface area contributed by atoms with Gasteiger partial charge in [-0.05, 0) is 24.9 Å². The smallest absolute Gasteiger partial charge is 0.181 e. The van der Waals surface area contributed by atoms with Crippen molar-refractivity contribution in [2.45, 2.75) is 20.6 Å². The summed E-state index contributed by atoms with van der Waals surface area (Å²) in [6.45, 7) is 2.86. The Morgan fingerprint density at radius 1 is 1.29 bits per heavy atom. The van der Waals surface area contributed by atoms with Gasteiger partial charge in [-0.15, -0.1) is 10.2 Å². The standard InChI is InChI=1S/C9H11N5S3/c1-3-11-6-4-10-5-7(12-6)16-9-14-13-8(15-2)17-9/h4-5H,3H2,1-2H3,(H,11,12). The van der Waals surface area contributed by atoms with Crippen LogP contribution in [0.5, 0.6) is 0 Å². The number of rotatable bonds is 5. The van der Waals surface area contributed by atoms with E-state index in [-0.39, 0.29) is 0 Å². The SMILES string of the molecule is CCNc1cncc(Sc2nnc(SC)s2)n1. The first-order valence-corrected chi connectivity index (χ1v) is 7.79. The zero-order valence-corrected chi connectivity index (χ0v) is 11.8. The number of anilines is 1. The molecule has 0 aliphatic rings. The summed E-state index contributed by atoms with van der Waals surface area (Å²) in [6, 6.07) is 0. The molecule has 2 aromatic rings. The van der Waals surface area contributed by atoms with Crippen LogP contribution in [0.15, 0.2) is 26.1 Å². The maximum absolute atomic E-state index is 4.41. The Balaban J connectivity index is 2.09. The van der Waals surface area contributed by atoms with Crippen LogP contribution in [0.25, 0.3) is 0 Å². The van der Waals surface area contributed by atoms with Gasteiger partial charge in [0, 0.05) is 6.54 Å². The van der Waals surface area contributed by atoms with Crippen LogP contribution in [0.1, 0.15) is 6.92 Å². The summed E-state index contributed by atoms with van der Waals surface area (Å²) in [5, 5.41) is 12.1. The Hall–Kier alpha value is -0.860. The van der Waals surface area contributed by atoms with Crippen molar-refractivity contribution in [3.8, 4) is 0 Å². The molecule has 0 aromatic carbocycles. The molecule has 1 N–H and O–H groups in total. The number of aromatic nitrogens is 4. The highest BCUT2D eigenvalue weighted by atomic mass is 32.2. The van der Waals surface area contributed by atoms with Crippen molar-refractivity contribution in [1.82, 2.24) is 20.2 Å². The molecule has 17 heavy (non-hydrogen) atoms. The molecule has 2 rings (SSSR count). The Labute approximate surface area is 112 Å². The molecule has 0 aliphatic carbocycles. The topological polar surface area (TPSA) is 63.6 Å². The highest BCUT2D eigenvalue weighted by molar-refractivity contribution is 8.02. The molecule has 0 amide bonds. The van der Waals surface area contributed by atoms with E-state index in [0.29, 0.717) is 0 Å². The third kappa shape index (κ3) is 3.55. The predicted octanol–water partition coefficient (Wildman–Crippen LogP) is 2.63. The van der Waals surface area contributed by atoms with Gasteiger partial charge in [-0.2, -0.15) is 0 Å². The monoisotopic (exact) mass is 285 g/mol. The minimum absolute atomic E-state index is 0.784. The van der Waals surface area contributed by atoms with Gasteiger partial charge in [-0.3, -0.25) is 4.98 Å². The largest absolute Gasteiger partial charge is 0.369 e. The van der Waals surface area contributed by atoms with Gasteiger partial charge in [0.25, 0.3) is 0 Å². The minimum Gasteiger partial charge on any atom is -0.369 e. The molecule has 0 saturated heterocycles. The van der Waals surface area contributed by atoms with Crippen LogP contribution >= 0.6 is 34.9 Å². The molecule has 0 spiro atoms. The van der Waals surface area contributed by atoms with Crippen molar-refractivity contribution in [1.29, 1.82) is 0 Å². The van der Waals surface area contributed by atoms with Gasteiger partial charge in [-0.1, -0.05) is 23.1 Å². The maximum Gasteiger partial charge on any atom is 0.181 e. The van der Waals surface area contributed by atoms with Crippen LogP contribution in [0.4, 0.5) is 5.82 Å². The number of nitrogens with one attached hydrogen (secondary N) is 1. The molecule has 90 valence electrons. The molecule has 0 bridgehead atoms. The van der Waals surface area contributed by atoms with E-state index in [4.69, 9.17) is 0 Å². The molecular formula is C9H11N5S3. The molecule has 0 atom stereocenters. The van der Waals surface area contributed by atoms with E-state index in [1.807, 2.05) is 13.2 Å². The van der Waals surface area contributed by atoms with E-state index in [1.165, 1.54) is 11.8 Å². The summed E-state index contributed by atoms with van der Waals surface area (Å²) < 4.78 is 1.85. The van der Waals surface area contributed by atoms with Crippen molar-refractivity contribution < 1.29 is 0 Å². The number of thioether (sulfide) groups is 1. The highest BCUT2D eigenvalue weighted by Crippen LogP contribution is 2.31. The molecule has 0 aliphatic heterocycles. The van der Waals surface area contributed by atoms with E-state index >= 15 is 0 Å². The normalized spacial score (nSPS) is 10.5. The summed E-state index contributed by atoms with van der Waals surface area (Å²) in [6.07, 6.45) is 5.42. The van der Waals surface area contributed by atoms with E-state index in [9.17, 15) is 0 Å². The van der Waals surface area contributed by atoms with Crippen molar-refractivity contribution in [2.75, 3.05) is 18.1 Å². The quantitative estimate of drug-likeness (QED) is 0.847. The average molecular weight is 285 g/mol. The van der Waals surface area contributed by atoms with Crippen LogP contribution in [0.2, 0.25) is 0 Å². The second kappa shape index (κ2) is 6.18. The summed E-state index contributed by atoms with van der Waals surface area (Å²) in [4.78, 5) is 8.55. The lowest BCUT2D eigenvalue weighted by atomic mass is 10.6. The average Bonchev–Trinajstić information content (AvgIpc) is 2.78. The van der Waals surface area contributed by atoms with Gasteiger partial charge in [0.15, 0.2) is 8.68 Å². The van der Waals surface area contributed by atoms with Crippen LogP contribution in [-0.2, 0) is 0 Å². The van der Waals surface area contributed by atoms with Crippen molar-refractivity contribution in [2.24, 2.45) is 0 Å². The van der Waals surface area contributed by atoms with Crippen molar-refractivity contribution >= 4 is 40.7 Å². The third-order valence-electron chi connectivity index (χ3n) is 1.72. The molecule has 2 aromatic heterocycles. The molecular weight excluding hydrogens is 274 g/mol. The first-order chi connectivity index (χ1) is 8.31. The zero-order chi connectivity index (χ0) is 12.1. The summed E-state index contributed by atoms with van der Waals surface area (Å²) in [5.41, 5.74) is 0. The van der Waals surface area contributed by atoms with Gasteiger partial charge in [0.2, 0.25) is 0 Å². The molecule has 8 heteroatoms. The molecule has 0 saturated carbocycles. The molecule has 0 unspecified atom stereocenters. The van der Waals surface area contributed by atoms with E-state index < -0.39 is 0 Å². The second-order valence-corrected chi connectivity index (χ2v) is 6.21. The Kier molecular flexibility index (Phi) is 4.57. The van der Waals surface area contributed by atoms with Crippen molar-refractivity contribution in [3.63, 3.8) is 0 Å². The van der Waals surface area contributed by atoms with Crippen LogP contribution in [0, 0.1) is 0 Å². The zero-order valence-electron chi connectivity index (χ0n) is 9.38. The molecule has 0 radical (unpaired) electrons. The van der Waals surface area contributed by atoms with Crippen molar-refractivity contribution in [3.05, 3.63) is 12.4 Å². The summed E-state index contributed by atoms with van der Waals surface area (Å²) in [5.74, 6) is 0.784. The second-order valence-electron chi connectivity index (χ2n) is 2.91. The van der Waals surface area contributed by atoms with Gasteiger partial charge in [0.05, 0.1) is 12.4 Å². The fourth-order valence-corrected chi connectivity index (χ4v) is 3.42.